The van der Waals surface area contributed by atoms with Gasteiger partial charge in [-0.2, -0.15) is 0 Å². The van der Waals surface area contributed by atoms with Gasteiger partial charge in [0.05, 0.1) is 0 Å². The monoisotopic (exact) mass is 358 g/mol. The van der Waals surface area contributed by atoms with Crippen LogP contribution in [0.5, 0.6) is 23.0 Å². The summed E-state index contributed by atoms with van der Waals surface area (Å²) in [6, 6.07) is 6.48. The molecule has 134 valence electrons. The summed E-state index contributed by atoms with van der Waals surface area (Å²) < 4.78 is 5.61. The van der Waals surface area contributed by atoms with E-state index in [9.17, 15) is 30.0 Å². The molecule has 0 radical (unpaired) electrons. The van der Waals surface area contributed by atoms with Gasteiger partial charge in [0.25, 0.3) is 0 Å². The van der Waals surface area contributed by atoms with Crippen molar-refractivity contribution in [1.29, 1.82) is 0 Å². The van der Waals surface area contributed by atoms with Crippen molar-refractivity contribution >= 4 is 18.0 Å². The summed E-state index contributed by atoms with van der Waals surface area (Å²) in [5.41, 5.74) is 0.777. The van der Waals surface area contributed by atoms with Crippen LogP contribution >= 0.6 is 0 Å². The van der Waals surface area contributed by atoms with Gasteiger partial charge in [0.15, 0.2) is 23.0 Å². The van der Waals surface area contributed by atoms with Gasteiger partial charge in [0.1, 0.15) is 12.0 Å². The van der Waals surface area contributed by atoms with Gasteiger partial charge in [-0.15, -0.1) is 0 Å². The zero-order valence-electron chi connectivity index (χ0n) is 13.2. The molecule has 0 aliphatic carbocycles. The van der Waals surface area contributed by atoms with E-state index in [1.807, 2.05) is 0 Å². The number of hydrogen-bond donors (Lipinski definition) is 5. The fourth-order valence-corrected chi connectivity index (χ4v) is 2.88. The highest BCUT2D eigenvalue weighted by atomic mass is 16.5. The van der Waals surface area contributed by atoms with E-state index in [4.69, 9.17) is 9.84 Å². The largest absolute Gasteiger partial charge is 0.504 e. The summed E-state index contributed by atoms with van der Waals surface area (Å²) >= 11 is 0. The molecule has 0 spiro atoms. The van der Waals surface area contributed by atoms with Crippen LogP contribution in [0.4, 0.5) is 0 Å². The first-order chi connectivity index (χ1) is 12.3. The highest BCUT2D eigenvalue weighted by molar-refractivity contribution is 5.86. The number of phenolic OH excluding ortho intramolecular Hbond substituents is 3. The Morgan fingerprint density at radius 2 is 1.69 bits per heavy atom. The number of carboxylic acid groups (broad SMARTS) is 2. The van der Waals surface area contributed by atoms with Gasteiger partial charge in [0, 0.05) is 11.6 Å². The summed E-state index contributed by atoms with van der Waals surface area (Å²) in [5, 5.41) is 47.6. The molecule has 8 nitrogen and oxygen atoms in total. The fourth-order valence-electron chi connectivity index (χ4n) is 2.88. The Kier molecular flexibility index (Phi) is 4.17. The lowest BCUT2D eigenvalue weighted by molar-refractivity contribution is -0.140. The Morgan fingerprint density at radius 1 is 0.962 bits per heavy atom. The minimum absolute atomic E-state index is 0.0255. The molecule has 1 heterocycles. The molecule has 0 bridgehead atoms. The zero-order valence-corrected chi connectivity index (χ0v) is 13.2. The van der Waals surface area contributed by atoms with Crippen molar-refractivity contribution in [2.24, 2.45) is 0 Å². The number of aliphatic carboxylic acids is 2. The van der Waals surface area contributed by atoms with Gasteiger partial charge >= 0.3 is 11.9 Å². The van der Waals surface area contributed by atoms with Crippen LogP contribution in [-0.4, -0.2) is 37.5 Å². The third kappa shape index (κ3) is 3.00. The molecule has 0 aromatic heterocycles. The number of carbonyl (C=O) groups is 2. The quantitative estimate of drug-likeness (QED) is 0.413. The minimum Gasteiger partial charge on any atom is -0.504 e. The van der Waals surface area contributed by atoms with Crippen LogP contribution in [0.25, 0.3) is 6.08 Å². The van der Waals surface area contributed by atoms with E-state index < -0.39 is 29.7 Å². The van der Waals surface area contributed by atoms with Crippen molar-refractivity contribution in [2.75, 3.05) is 0 Å². The SMILES string of the molecule is O=C(O)/C=C/c1cc(O)c2c(c1)C(C(=O)O)C(c1ccc(O)c(O)c1)O2. The van der Waals surface area contributed by atoms with Crippen molar-refractivity contribution in [2.45, 2.75) is 12.0 Å². The molecule has 2 aromatic rings. The second kappa shape index (κ2) is 6.32. The van der Waals surface area contributed by atoms with Gasteiger partial charge in [0.2, 0.25) is 0 Å². The number of fused-ring (bicyclic) bond motifs is 1. The summed E-state index contributed by atoms with van der Waals surface area (Å²) in [7, 11) is 0. The average Bonchev–Trinajstić information content (AvgIpc) is 2.95. The van der Waals surface area contributed by atoms with E-state index in [0.29, 0.717) is 11.1 Å². The molecule has 0 amide bonds. The van der Waals surface area contributed by atoms with Gasteiger partial charge in [-0.1, -0.05) is 6.07 Å². The zero-order chi connectivity index (χ0) is 19.0. The van der Waals surface area contributed by atoms with Crippen LogP contribution in [0.3, 0.4) is 0 Å². The van der Waals surface area contributed by atoms with Gasteiger partial charge in [-0.3, -0.25) is 4.79 Å². The molecule has 0 saturated carbocycles. The van der Waals surface area contributed by atoms with Crippen LogP contribution in [0.1, 0.15) is 28.7 Å². The molecular formula is C18H14O8. The summed E-state index contributed by atoms with van der Waals surface area (Å²) in [6.07, 6.45) is 1.04. The van der Waals surface area contributed by atoms with Crippen LogP contribution in [0, 0.1) is 0 Å². The van der Waals surface area contributed by atoms with Crippen LogP contribution < -0.4 is 4.74 Å². The lowest BCUT2D eigenvalue weighted by Gasteiger charge is -2.16. The van der Waals surface area contributed by atoms with Crippen molar-refractivity contribution in [3.05, 3.63) is 53.1 Å². The Balaban J connectivity index is 2.08. The number of hydrogen-bond acceptors (Lipinski definition) is 6. The molecule has 3 rings (SSSR count). The molecular weight excluding hydrogens is 344 g/mol. The van der Waals surface area contributed by atoms with Crippen molar-refractivity contribution in [3.63, 3.8) is 0 Å². The Labute approximate surface area is 146 Å². The molecule has 2 unspecified atom stereocenters. The maximum absolute atomic E-state index is 11.8. The first kappa shape index (κ1) is 17.2. The van der Waals surface area contributed by atoms with Crippen LogP contribution in [-0.2, 0) is 9.59 Å². The molecule has 2 aromatic carbocycles. The topological polar surface area (TPSA) is 145 Å². The first-order valence-electron chi connectivity index (χ1n) is 7.47. The van der Waals surface area contributed by atoms with Crippen molar-refractivity contribution < 1.29 is 39.9 Å². The highest BCUT2D eigenvalue weighted by Gasteiger charge is 2.42. The van der Waals surface area contributed by atoms with E-state index in [0.717, 1.165) is 6.08 Å². The van der Waals surface area contributed by atoms with E-state index in [1.54, 1.807) is 0 Å². The van der Waals surface area contributed by atoms with Crippen molar-refractivity contribution in [3.8, 4) is 23.0 Å². The first-order valence-corrected chi connectivity index (χ1v) is 7.47. The summed E-state index contributed by atoms with van der Waals surface area (Å²) in [4.78, 5) is 22.5. The lowest BCUT2D eigenvalue weighted by atomic mass is 9.90. The van der Waals surface area contributed by atoms with Crippen LogP contribution in [0.2, 0.25) is 0 Å². The number of carboxylic acids is 2. The Bertz CT molecular complexity index is 931. The summed E-state index contributed by atoms with van der Waals surface area (Å²) in [5.74, 6) is -4.75. The minimum atomic E-state index is -1.22. The van der Waals surface area contributed by atoms with E-state index >= 15 is 0 Å². The van der Waals surface area contributed by atoms with Gasteiger partial charge in [-0.25, -0.2) is 4.79 Å². The molecule has 2 atom stereocenters. The molecule has 1 aliphatic heterocycles. The number of phenols is 3. The molecule has 26 heavy (non-hydrogen) atoms. The lowest BCUT2D eigenvalue weighted by Crippen LogP contribution is -2.18. The normalized spacial score (nSPS) is 18.5. The molecule has 0 saturated heterocycles. The third-order valence-electron chi connectivity index (χ3n) is 4.02. The van der Waals surface area contributed by atoms with Gasteiger partial charge < -0.3 is 30.3 Å². The number of benzene rings is 2. The second-order valence-electron chi connectivity index (χ2n) is 5.73. The highest BCUT2D eigenvalue weighted by Crippen LogP contribution is 2.51. The number of rotatable bonds is 4. The molecule has 1 aliphatic rings. The smallest absolute Gasteiger partial charge is 0.328 e. The Hall–Kier alpha value is -3.68. The number of ether oxygens (including phenoxy) is 1. The predicted molar refractivity (Wildman–Crippen MR) is 88.3 cm³/mol. The predicted octanol–water partition coefficient (Wildman–Crippen LogP) is 2.20. The Morgan fingerprint density at radius 3 is 2.31 bits per heavy atom. The van der Waals surface area contributed by atoms with Crippen molar-refractivity contribution in [1.82, 2.24) is 0 Å². The van der Waals surface area contributed by atoms with Gasteiger partial charge in [-0.05, 0) is 41.5 Å². The maximum Gasteiger partial charge on any atom is 0.328 e. The van der Waals surface area contributed by atoms with Crippen LogP contribution in [0.15, 0.2) is 36.4 Å². The molecule has 8 heteroatoms. The summed E-state index contributed by atoms with van der Waals surface area (Å²) in [6.45, 7) is 0. The van der Waals surface area contributed by atoms with E-state index in [2.05, 4.69) is 0 Å². The maximum atomic E-state index is 11.8. The van der Waals surface area contributed by atoms with E-state index in [-0.39, 0.29) is 22.8 Å². The average molecular weight is 358 g/mol. The molecule has 0 fully saturated rings. The third-order valence-corrected chi connectivity index (χ3v) is 4.02. The van der Waals surface area contributed by atoms with E-state index in [1.165, 1.54) is 36.4 Å². The number of aromatic hydroxyl groups is 3. The molecule has 5 N–H and O–H groups in total. The second-order valence-corrected chi connectivity index (χ2v) is 5.73. The fraction of sp³-hybridized carbons (Fsp3) is 0.111. The standard InChI is InChI=1S/C18H14O8/c19-11-3-2-9(7-12(11)20)16-15(18(24)25)10-5-8(1-4-14(22)23)6-13(21)17(10)26-16/h1-7,15-16,19-21H,(H,22,23)(H,24,25)/b4-1+.